The Morgan fingerprint density at radius 2 is 2.09 bits per heavy atom. The van der Waals surface area contributed by atoms with Crippen molar-refractivity contribution < 1.29 is 14.3 Å². The Balaban J connectivity index is 1.58. The summed E-state index contributed by atoms with van der Waals surface area (Å²) in [7, 11) is 1.37. The summed E-state index contributed by atoms with van der Waals surface area (Å²) in [6.45, 7) is 6.89. The second-order valence-electron chi connectivity index (χ2n) is 10.8. The number of methoxy groups -OCH3 is 1. The molecular formula is C25H36IN3O3. The van der Waals surface area contributed by atoms with Gasteiger partial charge in [0.05, 0.1) is 18.9 Å². The van der Waals surface area contributed by atoms with Crippen LogP contribution in [0.4, 0.5) is 0 Å². The molecular weight excluding hydrogens is 517 g/mol. The smallest absolute Gasteiger partial charge is 0.328 e. The maximum Gasteiger partial charge on any atom is 0.328 e. The summed E-state index contributed by atoms with van der Waals surface area (Å²) in [5, 5.41) is 3.07. The van der Waals surface area contributed by atoms with Crippen LogP contribution >= 0.6 is 22.6 Å². The number of carbonyl (C=O) groups is 2. The van der Waals surface area contributed by atoms with E-state index in [-0.39, 0.29) is 17.2 Å². The molecule has 2 unspecified atom stereocenters. The van der Waals surface area contributed by atoms with Gasteiger partial charge in [0.25, 0.3) is 0 Å². The lowest BCUT2D eigenvalue weighted by Crippen LogP contribution is -2.58. The highest BCUT2D eigenvalue weighted by Crippen LogP contribution is 2.63. The second-order valence-corrected chi connectivity index (χ2v) is 13.4. The van der Waals surface area contributed by atoms with Crippen LogP contribution in [0.2, 0.25) is 0 Å². The summed E-state index contributed by atoms with van der Waals surface area (Å²) >= 11 is 2.62. The number of hydrogen-bond acceptors (Lipinski definition) is 4. The molecule has 176 valence electrons. The van der Waals surface area contributed by atoms with Crippen LogP contribution in [0.5, 0.6) is 0 Å². The largest absolute Gasteiger partial charge is 0.467 e. The molecule has 0 radical (unpaired) electrons. The SMILES string of the molecule is COC(=O)[C@H](Cc1cnc[nH]1)NC(=O)[C@]1(C)CCC[C@@]2(C)C3=CC[C@](C)(I)CC3CCC12. The molecule has 6 atom stereocenters. The molecule has 1 heterocycles. The van der Waals surface area contributed by atoms with E-state index in [2.05, 4.69) is 64.7 Å². The van der Waals surface area contributed by atoms with Gasteiger partial charge in [-0.3, -0.25) is 4.79 Å². The number of rotatable bonds is 5. The van der Waals surface area contributed by atoms with Crippen molar-refractivity contribution in [3.63, 3.8) is 0 Å². The van der Waals surface area contributed by atoms with Crippen LogP contribution in [-0.2, 0) is 20.7 Å². The Bertz CT molecular complexity index is 896. The molecule has 1 aromatic heterocycles. The number of aromatic amines is 1. The second kappa shape index (κ2) is 8.76. The van der Waals surface area contributed by atoms with Crippen molar-refractivity contribution in [3.8, 4) is 0 Å². The van der Waals surface area contributed by atoms with Gasteiger partial charge in [-0.15, -0.1) is 0 Å². The molecule has 6 nitrogen and oxygen atoms in total. The van der Waals surface area contributed by atoms with Crippen molar-refractivity contribution in [1.29, 1.82) is 0 Å². The number of alkyl halides is 1. The van der Waals surface area contributed by atoms with Gasteiger partial charge in [0, 0.05) is 21.7 Å². The van der Waals surface area contributed by atoms with Crippen LogP contribution in [0.3, 0.4) is 0 Å². The van der Waals surface area contributed by atoms with Crippen molar-refractivity contribution in [2.24, 2.45) is 22.7 Å². The molecule has 1 amide bonds. The van der Waals surface area contributed by atoms with Crippen molar-refractivity contribution in [1.82, 2.24) is 15.3 Å². The number of H-pyrrole nitrogens is 1. The molecule has 0 aliphatic heterocycles. The van der Waals surface area contributed by atoms with Crippen molar-refractivity contribution in [2.75, 3.05) is 7.11 Å². The Morgan fingerprint density at radius 3 is 2.78 bits per heavy atom. The Kier molecular flexibility index (Phi) is 6.51. The van der Waals surface area contributed by atoms with Crippen LogP contribution in [0.15, 0.2) is 24.2 Å². The van der Waals surface area contributed by atoms with Crippen molar-refractivity contribution >= 4 is 34.5 Å². The fourth-order valence-corrected chi connectivity index (χ4v) is 7.68. The van der Waals surface area contributed by atoms with Gasteiger partial charge in [-0.25, -0.2) is 9.78 Å². The first-order valence-corrected chi connectivity index (χ1v) is 12.9. The number of nitrogens with one attached hydrogen (secondary N) is 2. The van der Waals surface area contributed by atoms with E-state index >= 15 is 0 Å². The highest BCUT2D eigenvalue weighted by atomic mass is 127. The molecule has 0 aromatic carbocycles. The minimum absolute atomic E-state index is 0.0167. The highest BCUT2D eigenvalue weighted by molar-refractivity contribution is 14.1. The lowest BCUT2D eigenvalue weighted by Gasteiger charge is -2.58. The van der Waals surface area contributed by atoms with Gasteiger partial charge in [-0.05, 0) is 55.8 Å². The minimum atomic E-state index is -0.720. The number of halogens is 1. The summed E-state index contributed by atoms with van der Waals surface area (Å²) in [5.74, 6) is 0.489. The van der Waals surface area contributed by atoms with E-state index in [1.807, 2.05) is 0 Å². The van der Waals surface area contributed by atoms with E-state index in [4.69, 9.17) is 4.74 Å². The number of allylic oxidation sites excluding steroid dienone is 2. The Hall–Kier alpha value is -1.38. The van der Waals surface area contributed by atoms with Crippen LogP contribution < -0.4 is 5.32 Å². The maximum atomic E-state index is 13.8. The van der Waals surface area contributed by atoms with Gasteiger partial charge in [-0.2, -0.15) is 0 Å². The zero-order valence-corrected chi connectivity index (χ0v) is 21.8. The third-order valence-electron chi connectivity index (χ3n) is 8.54. The van der Waals surface area contributed by atoms with Crippen LogP contribution in [0.25, 0.3) is 0 Å². The number of amides is 1. The Morgan fingerprint density at radius 1 is 1.31 bits per heavy atom. The van der Waals surface area contributed by atoms with E-state index in [1.54, 1.807) is 18.1 Å². The van der Waals surface area contributed by atoms with Crippen molar-refractivity contribution in [3.05, 3.63) is 29.9 Å². The number of imidazole rings is 1. The summed E-state index contributed by atoms with van der Waals surface area (Å²) < 4.78 is 5.34. The van der Waals surface area contributed by atoms with E-state index in [0.717, 1.165) is 44.2 Å². The number of fused-ring (bicyclic) bond motifs is 3. The molecule has 4 rings (SSSR count). The quantitative estimate of drug-likeness (QED) is 0.239. The summed E-state index contributed by atoms with van der Waals surface area (Å²) in [4.78, 5) is 33.3. The standard InChI is InChI=1S/C25H36IN3O3/c1-23(26)11-8-18-16(13-23)6-7-20-24(18,2)9-5-10-25(20,3)22(31)29-19(21(30)32-4)12-17-14-27-15-28-17/h8,14-16,19-20H,5-7,9-13H2,1-4H3,(H,27,28)(H,29,31)/t16?,19-,20?,23-,24-,25+/m0/s1. The molecule has 7 heteroatoms. The van der Waals surface area contributed by atoms with E-state index in [9.17, 15) is 9.59 Å². The predicted molar refractivity (Wildman–Crippen MR) is 132 cm³/mol. The number of carbonyl (C=O) groups excluding carboxylic acids is 2. The van der Waals surface area contributed by atoms with Gasteiger partial charge in [0.2, 0.25) is 5.91 Å². The number of ether oxygens (including phenoxy) is 1. The van der Waals surface area contributed by atoms with Gasteiger partial charge in [0.1, 0.15) is 6.04 Å². The molecule has 2 saturated carbocycles. The first-order chi connectivity index (χ1) is 15.1. The average Bonchev–Trinajstić information content (AvgIpc) is 3.24. The maximum absolute atomic E-state index is 13.8. The Labute approximate surface area is 204 Å². The zero-order chi connectivity index (χ0) is 23.1. The fraction of sp³-hybridized carbons (Fsp3) is 0.720. The first kappa shape index (κ1) is 23.8. The van der Waals surface area contributed by atoms with Gasteiger partial charge in [0.15, 0.2) is 0 Å². The molecule has 0 spiro atoms. The van der Waals surface area contributed by atoms with Crippen molar-refractivity contribution in [2.45, 2.75) is 81.6 Å². The first-order valence-electron chi connectivity index (χ1n) is 11.8. The van der Waals surface area contributed by atoms with Gasteiger partial charge < -0.3 is 15.0 Å². The summed E-state index contributed by atoms with van der Waals surface area (Å²) in [5.41, 5.74) is 1.96. The molecule has 1 aromatic rings. The van der Waals surface area contributed by atoms with Gasteiger partial charge >= 0.3 is 5.97 Å². The minimum Gasteiger partial charge on any atom is -0.467 e. The number of aromatic nitrogens is 2. The van der Waals surface area contributed by atoms with E-state index in [0.29, 0.717) is 15.8 Å². The van der Waals surface area contributed by atoms with E-state index in [1.165, 1.54) is 13.5 Å². The van der Waals surface area contributed by atoms with Crippen LogP contribution in [-0.4, -0.2) is 38.4 Å². The molecule has 2 fully saturated rings. The molecule has 3 aliphatic rings. The monoisotopic (exact) mass is 553 g/mol. The lowest BCUT2D eigenvalue weighted by molar-refractivity contribution is -0.150. The molecule has 3 aliphatic carbocycles. The number of nitrogens with zero attached hydrogens (tertiary/aromatic N) is 1. The normalized spacial score (nSPS) is 37.5. The van der Waals surface area contributed by atoms with Crippen LogP contribution in [0.1, 0.15) is 71.4 Å². The fourth-order valence-electron chi connectivity index (χ4n) is 6.93. The van der Waals surface area contributed by atoms with Gasteiger partial charge in [-0.1, -0.05) is 61.4 Å². The lowest BCUT2D eigenvalue weighted by atomic mass is 9.46. The summed E-state index contributed by atoms with van der Waals surface area (Å²) in [6, 6.07) is -0.720. The average molecular weight is 553 g/mol. The zero-order valence-electron chi connectivity index (χ0n) is 19.7. The van der Waals surface area contributed by atoms with E-state index < -0.39 is 17.4 Å². The third-order valence-corrected chi connectivity index (χ3v) is 9.42. The van der Waals surface area contributed by atoms with Crippen LogP contribution in [0, 0.1) is 22.7 Å². The molecule has 0 bridgehead atoms. The molecule has 0 saturated heterocycles. The predicted octanol–water partition coefficient (Wildman–Crippen LogP) is 4.75. The topological polar surface area (TPSA) is 84.1 Å². The molecule has 32 heavy (non-hydrogen) atoms. The number of hydrogen-bond donors (Lipinski definition) is 2. The number of esters is 1. The summed E-state index contributed by atoms with van der Waals surface area (Å²) in [6.07, 6.45) is 13.7. The third kappa shape index (κ3) is 4.26. The highest BCUT2D eigenvalue weighted by Gasteiger charge is 2.57. The molecule has 2 N–H and O–H groups in total.